The van der Waals surface area contributed by atoms with Crippen LogP contribution in [0.25, 0.3) is 11.5 Å². The number of aromatic nitrogens is 2. The molecule has 0 radical (unpaired) electrons. The van der Waals surface area contributed by atoms with E-state index in [1.165, 1.54) is 0 Å². The fourth-order valence-electron chi connectivity index (χ4n) is 2.19. The molecule has 0 atom stereocenters. The predicted molar refractivity (Wildman–Crippen MR) is 76.7 cm³/mol. The molecule has 1 aliphatic heterocycles. The van der Waals surface area contributed by atoms with Gasteiger partial charge in [0.25, 0.3) is 0 Å². The number of benzene rings is 1. The van der Waals surface area contributed by atoms with Crippen LogP contribution in [0.2, 0.25) is 0 Å². The van der Waals surface area contributed by atoms with Crippen molar-refractivity contribution < 1.29 is 9.15 Å². The van der Waals surface area contributed by atoms with Crippen molar-refractivity contribution in [3.63, 3.8) is 0 Å². The van der Waals surface area contributed by atoms with Crippen molar-refractivity contribution in [2.75, 3.05) is 31.2 Å². The second kappa shape index (κ2) is 5.42. The third-order valence-corrected chi connectivity index (χ3v) is 3.32. The van der Waals surface area contributed by atoms with Crippen LogP contribution in [0, 0.1) is 6.92 Å². The fourth-order valence-corrected chi connectivity index (χ4v) is 2.19. The third kappa shape index (κ3) is 2.42. The summed E-state index contributed by atoms with van der Waals surface area (Å²) in [7, 11) is 0. The van der Waals surface area contributed by atoms with E-state index in [-0.39, 0.29) is 0 Å². The lowest BCUT2D eigenvalue weighted by Gasteiger charge is -2.24. The van der Waals surface area contributed by atoms with E-state index in [9.17, 15) is 0 Å². The van der Waals surface area contributed by atoms with Gasteiger partial charge in [-0.3, -0.25) is 4.99 Å². The molecular formula is C14H16N4O2. The molecule has 1 saturated heterocycles. The highest BCUT2D eigenvalue weighted by Gasteiger charge is 2.18. The number of anilines is 1. The molecule has 0 unspecified atom stereocenters. The van der Waals surface area contributed by atoms with Crippen LogP contribution >= 0.6 is 0 Å². The molecule has 0 amide bonds. The second-order valence-corrected chi connectivity index (χ2v) is 4.65. The summed E-state index contributed by atoms with van der Waals surface area (Å²) in [5.74, 6) is 0.527. The van der Waals surface area contributed by atoms with Gasteiger partial charge in [-0.15, -0.1) is 5.10 Å². The van der Waals surface area contributed by atoms with Gasteiger partial charge in [-0.25, -0.2) is 0 Å². The zero-order valence-electron chi connectivity index (χ0n) is 11.4. The van der Waals surface area contributed by atoms with Gasteiger partial charge in [-0.1, -0.05) is 5.10 Å². The number of hydrogen-bond acceptors (Lipinski definition) is 6. The minimum absolute atomic E-state index is 0.527. The van der Waals surface area contributed by atoms with Gasteiger partial charge < -0.3 is 14.1 Å². The Morgan fingerprint density at radius 3 is 2.75 bits per heavy atom. The molecule has 0 spiro atoms. The first-order valence-corrected chi connectivity index (χ1v) is 6.52. The zero-order chi connectivity index (χ0) is 13.9. The van der Waals surface area contributed by atoms with Gasteiger partial charge in [0.2, 0.25) is 5.89 Å². The Balaban J connectivity index is 1.87. The summed E-state index contributed by atoms with van der Waals surface area (Å²) in [6, 6.07) is 6.30. The molecule has 104 valence electrons. The summed E-state index contributed by atoms with van der Waals surface area (Å²) in [5.41, 5.74) is 2.79. The van der Waals surface area contributed by atoms with Crippen LogP contribution in [-0.2, 0) is 4.74 Å². The van der Waals surface area contributed by atoms with Crippen LogP contribution in [0.3, 0.4) is 0 Å². The number of aliphatic imine (C=N–C) groups is 1. The molecule has 6 nitrogen and oxygen atoms in total. The lowest BCUT2D eigenvalue weighted by molar-refractivity contribution is 0.120. The van der Waals surface area contributed by atoms with E-state index >= 15 is 0 Å². The number of nitrogens with zero attached hydrogens (tertiary/aromatic N) is 4. The maximum atomic E-state index is 5.77. The van der Waals surface area contributed by atoms with Crippen LogP contribution in [-0.4, -0.2) is 43.2 Å². The molecule has 6 heteroatoms. The normalized spacial score (nSPS) is 15.3. The summed E-state index contributed by atoms with van der Waals surface area (Å²) in [5, 5.41) is 8.25. The van der Waals surface area contributed by atoms with Crippen molar-refractivity contribution in [3.05, 3.63) is 23.8 Å². The SMILES string of the molecule is C=Nc1ccc(-c2nnc(N3CCOCC3)o2)c(C)c1. The predicted octanol–water partition coefficient (Wildman–Crippen LogP) is 2.21. The molecule has 1 aromatic carbocycles. The van der Waals surface area contributed by atoms with Crippen molar-refractivity contribution in [1.29, 1.82) is 0 Å². The van der Waals surface area contributed by atoms with Gasteiger partial charge in [-0.05, 0) is 37.4 Å². The molecule has 1 fully saturated rings. The summed E-state index contributed by atoms with van der Waals surface area (Å²) in [6.07, 6.45) is 0. The van der Waals surface area contributed by atoms with E-state index in [1.54, 1.807) is 0 Å². The number of rotatable bonds is 3. The first-order chi connectivity index (χ1) is 9.78. The molecule has 3 rings (SSSR count). The molecule has 1 aliphatic rings. The molecule has 0 bridgehead atoms. The van der Waals surface area contributed by atoms with E-state index in [2.05, 4.69) is 21.9 Å². The Hall–Kier alpha value is -2.21. The summed E-state index contributed by atoms with van der Waals surface area (Å²) >= 11 is 0. The van der Waals surface area contributed by atoms with Gasteiger partial charge in [0.05, 0.1) is 18.9 Å². The average Bonchev–Trinajstić information content (AvgIpc) is 2.97. The zero-order valence-corrected chi connectivity index (χ0v) is 11.4. The van der Waals surface area contributed by atoms with E-state index in [0.29, 0.717) is 25.1 Å². The molecule has 2 aromatic rings. The van der Waals surface area contributed by atoms with Crippen LogP contribution < -0.4 is 4.90 Å². The minimum Gasteiger partial charge on any atom is -0.403 e. The first kappa shape index (κ1) is 12.8. The molecular weight excluding hydrogens is 256 g/mol. The van der Waals surface area contributed by atoms with Gasteiger partial charge in [0.15, 0.2) is 0 Å². The Morgan fingerprint density at radius 1 is 1.25 bits per heavy atom. The van der Waals surface area contributed by atoms with E-state index in [1.807, 2.05) is 30.0 Å². The Labute approximate surface area is 117 Å². The summed E-state index contributed by atoms with van der Waals surface area (Å²) < 4.78 is 11.1. The maximum Gasteiger partial charge on any atom is 0.318 e. The Bertz CT molecular complexity index is 617. The second-order valence-electron chi connectivity index (χ2n) is 4.65. The van der Waals surface area contributed by atoms with Crippen LogP contribution in [0.15, 0.2) is 27.6 Å². The molecule has 0 aliphatic carbocycles. The Kier molecular flexibility index (Phi) is 3.47. The monoisotopic (exact) mass is 272 g/mol. The van der Waals surface area contributed by atoms with E-state index < -0.39 is 0 Å². The maximum absolute atomic E-state index is 5.77. The average molecular weight is 272 g/mol. The minimum atomic E-state index is 0.527. The largest absolute Gasteiger partial charge is 0.403 e. The third-order valence-electron chi connectivity index (χ3n) is 3.32. The number of aryl methyl sites for hydroxylation is 1. The number of morpholine rings is 1. The highest BCUT2D eigenvalue weighted by Crippen LogP contribution is 2.28. The van der Waals surface area contributed by atoms with Crippen molar-refractivity contribution >= 4 is 18.4 Å². The van der Waals surface area contributed by atoms with Gasteiger partial charge in [0, 0.05) is 18.7 Å². The van der Waals surface area contributed by atoms with Crippen molar-refractivity contribution in [3.8, 4) is 11.5 Å². The lowest BCUT2D eigenvalue weighted by Crippen LogP contribution is -2.36. The smallest absolute Gasteiger partial charge is 0.318 e. The fraction of sp³-hybridized carbons (Fsp3) is 0.357. The molecule has 0 saturated carbocycles. The molecule has 20 heavy (non-hydrogen) atoms. The summed E-state index contributed by atoms with van der Waals surface area (Å²) in [4.78, 5) is 5.94. The van der Waals surface area contributed by atoms with Gasteiger partial charge in [0.1, 0.15) is 0 Å². The van der Waals surface area contributed by atoms with Crippen LogP contribution in [0.4, 0.5) is 11.7 Å². The highest BCUT2D eigenvalue weighted by atomic mass is 16.5. The topological polar surface area (TPSA) is 63.8 Å². The first-order valence-electron chi connectivity index (χ1n) is 6.52. The molecule has 2 heterocycles. The molecule has 0 N–H and O–H groups in total. The lowest BCUT2D eigenvalue weighted by atomic mass is 10.1. The number of hydrogen-bond donors (Lipinski definition) is 0. The summed E-state index contributed by atoms with van der Waals surface area (Å²) in [6.45, 7) is 8.45. The van der Waals surface area contributed by atoms with Crippen molar-refractivity contribution in [2.24, 2.45) is 4.99 Å². The molecule has 1 aromatic heterocycles. The number of ether oxygens (including phenoxy) is 1. The Morgan fingerprint density at radius 2 is 2.05 bits per heavy atom. The van der Waals surface area contributed by atoms with Crippen LogP contribution in [0.1, 0.15) is 5.56 Å². The van der Waals surface area contributed by atoms with E-state index in [0.717, 1.165) is 29.9 Å². The highest BCUT2D eigenvalue weighted by molar-refractivity contribution is 5.63. The van der Waals surface area contributed by atoms with Crippen molar-refractivity contribution in [1.82, 2.24) is 10.2 Å². The van der Waals surface area contributed by atoms with Crippen molar-refractivity contribution in [2.45, 2.75) is 6.92 Å². The van der Waals surface area contributed by atoms with Gasteiger partial charge >= 0.3 is 6.01 Å². The quantitative estimate of drug-likeness (QED) is 0.802. The van der Waals surface area contributed by atoms with Gasteiger partial charge in [-0.2, -0.15) is 0 Å². The standard InChI is InChI=1S/C14H16N4O2/c1-10-9-11(15-2)3-4-12(10)13-16-17-14(20-13)18-5-7-19-8-6-18/h3-4,9H,2,5-8H2,1H3. The van der Waals surface area contributed by atoms with E-state index in [4.69, 9.17) is 9.15 Å². The van der Waals surface area contributed by atoms with Crippen LogP contribution in [0.5, 0.6) is 0 Å².